The molecule has 0 saturated heterocycles. The van der Waals surface area contributed by atoms with Gasteiger partial charge < -0.3 is 9.32 Å². The Morgan fingerprint density at radius 3 is 1.65 bits per heavy atom. The molecule has 0 fully saturated rings. The minimum Gasteiger partial charge on any atom is -0.456 e. The van der Waals surface area contributed by atoms with Gasteiger partial charge in [-0.3, -0.25) is 0 Å². The fourth-order valence-electron chi connectivity index (χ4n) is 6.73. The van der Waals surface area contributed by atoms with Gasteiger partial charge in [-0.15, -0.1) is 0 Å². The molecule has 190 valence electrons. The Hall–Kier alpha value is -5.08. The molecule has 0 unspecified atom stereocenters. The zero-order valence-electron chi connectivity index (χ0n) is 22.2. The van der Waals surface area contributed by atoms with Crippen molar-refractivity contribution < 1.29 is 4.42 Å². The molecule has 0 spiro atoms. The second-order valence-corrected chi connectivity index (χ2v) is 10.7. The number of para-hydroxylation sites is 3. The molecule has 40 heavy (non-hydrogen) atoms. The first kappa shape index (κ1) is 22.9. The molecule has 0 N–H and O–H groups in total. The van der Waals surface area contributed by atoms with Crippen LogP contribution in [0.4, 0.5) is 17.1 Å². The molecular weight excluding hydrogens is 486 g/mol. The van der Waals surface area contributed by atoms with Crippen LogP contribution in [0.3, 0.4) is 0 Å². The zero-order valence-corrected chi connectivity index (χ0v) is 22.2. The van der Waals surface area contributed by atoms with E-state index in [1.807, 2.05) is 0 Å². The number of hydrogen-bond donors (Lipinski definition) is 0. The zero-order chi connectivity index (χ0) is 26.7. The van der Waals surface area contributed by atoms with Gasteiger partial charge in [-0.1, -0.05) is 109 Å². The summed E-state index contributed by atoms with van der Waals surface area (Å²) in [6, 6.07) is 51.8. The fraction of sp³-hybridized carbons (Fsp3) is 0.0526. The highest BCUT2D eigenvalue weighted by Gasteiger charge is 2.42. The molecule has 1 aliphatic carbocycles. The van der Waals surface area contributed by atoms with Crippen LogP contribution in [0.1, 0.15) is 23.6 Å². The predicted octanol–water partition coefficient (Wildman–Crippen LogP) is 10.4. The van der Waals surface area contributed by atoms with Crippen LogP contribution in [0.15, 0.2) is 150 Å². The van der Waals surface area contributed by atoms with Gasteiger partial charge in [0.2, 0.25) is 0 Å². The summed E-state index contributed by atoms with van der Waals surface area (Å²) in [5.74, 6) is 0. The fourth-order valence-corrected chi connectivity index (χ4v) is 6.73. The summed E-state index contributed by atoms with van der Waals surface area (Å²) in [5.41, 5.74) is 11.2. The Bertz CT molecular complexity index is 1940. The van der Waals surface area contributed by atoms with Gasteiger partial charge in [-0.2, -0.15) is 0 Å². The summed E-state index contributed by atoms with van der Waals surface area (Å²) in [6.45, 7) is 2.35. The molecule has 0 saturated carbocycles. The number of benzene rings is 6. The predicted molar refractivity (Wildman–Crippen MR) is 166 cm³/mol. The molecule has 6 aromatic carbocycles. The van der Waals surface area contributed by atoms with E-state index in [-0.39, 0.29) is 5.41 Å². The van der Waals surface area contributed by atoms with Crippen LogP contribution in [0.5, 0.6) is 0 Å². The Balaban J connectivity index is 1.43. The first-order chi connectivity index (χ1) is 19.7. The molecule has 2 nitrogen and oxygen atoms in total. The van der Waals surface area contributed by atoms with Crippen molar-refractivity contribution in [2.24, 2.45) is 0 Å². The van der Waals surface area contributed by atoms with Crippen LogP contribution in [0.25, 0.3) is 33.1 Å². The van der Waals surface area contributed by atoms with E-state index in [1.54, 1.807) is 0 Å². The average Bonchev–Trinajstić information content (AvgIpc) is 3.53. The largest absolute Gasteiger partial charge is 0.456 e. The lowest BCUT2D eigenvalue weighted by atomic mass is 9.74. The first-order valence-corrected chi connectivity index (χ1v) is 13.8. The highest BCUT2D eigenvalue weighted by Crippen LogP contribution is 2.54. The van der Waals surface area contributed by atoms with Crippen molar-refractivity contribution >= 4 is 39.0 Å². The Morgan fingerprint density at radius 2 is 1.02 bits per heavy atom. The van der Waals surface area contributed by atoms with Crippen LogP contribution in [0.2, 0.25) is 0 Å². The lowest BCUT2D eigenvalue weighted by molar-refractivity contribution is 0.638. The molecule has 8 rings (SSSR count). The van der Waals surface area contributed by atoms with Crippen LogP contribution < -0.4 is 4.90 Å². The van der Waals surface area contributed by atoms with E-state index in [0.29, 0.717) is 0 Å². The number of fused-ring (bicyclic) bond motifs is 6. The molecule has 0 radical (unpaired) electrons. The third-order valence-corrected chi connectivity index (χ3v) is 8.53. The maximum Gasteiger partial charge on any atom is 0.139 e. The van der Waals surface area contributed by atoms with Gasteiger partial charge in [-0.25, -0.2) is 0 Å². The standard InChI is InChI=1S/C38H27NO/c1-38(31-21-10-8-18-28(31)29-19-9-11-22-32(29)38)33-23-12-20-30-36-34(24-13-25-35(36)40-37(30)33)39(26-14-4-2-5-15-26)27-16-6-3-7-17-27/h2-25H,1H3. The molecule has 7 aromatic rings. The highest BCUT2D eigenvalue weighted by molar-refractivity contribution is 6.14. The minimum absolute atomic E-state index is 0.334. The number of anilines is 3. The van der Waals surface area contributed by atoms with Gasteiger partial charge >= 0.3 is 0 Å². The smallest absolute Gasteiger partial charge is 0.139 e. The van der Waals surface area contributed by atoms with E-state index in [9.17, 15) is 0 Å². The molecule has 0 bridgehead atoms. The van der Waals surface area contributed by atoms with Crippen LogP contribution in [-0.2, 0) is 5.41 Å². The third-order valence-electron chi connectivity index (χ3n) is 8.53. The maximum absolute atomic E-state index is 6.83. The Kier molecular flexibility index (Phi) is 4.99. The monoisotopic (exact) mass is 513 g/mol. The Morgan fingerprint density at radius 1 is 0.500 bits per heavy atom. The van der Waals surface area contributed by atoms with E-state index in [0.717, 1.165) is 39.0 Å². The molecule has 0 amide bonds. The van der Waals surface area contributed by atoms with Crippen LogP contribution in [0, 0.1) is 0 Å². The van der Waals surface area contributed by atoms with E-state index in [2.05, 4.69) is 157 Å². The van der Waals surface area contributed by atoms with Gasteiger partial charge in [0.15, 0.2) is 0 Å². The van der Waals surface area contributed by atoms with Crippen molar-refractivity contribution in [1.29, 1.82) is 0 Å². The molecule has 0 aliphatic heterocycles. The normalized spacial score (nSPS) is 13.3. The van der Waals surface area contributed by atoms with Crippen LogP contribution in [-0.4, -0.2) is 0 Å². The summed E-state index contributed by atoms with van der Waals surface area (Å²) in [4.78, 5) is 2.33. The summed E-state index contributed by atoms with van der Waals surface area (Å²) < 4.78 is 6.83. The third kappa shape index (κ3) is 3.17. The van der Waals surface area contributed by atoms with Gasteiger partial charge in [0.25, 0.3) is 0 Å². The Labute approximate surface area is 233 Å². The lowest BCUT2D eigenvalue weighted by Gasteiger charge is -2.28. The van der Waals surface area contributed by atoms with Crippen molar-refractivity contribution in [1.82, 2.24) is 0 Å². The summed E-state index contributed by atoms with van der Waals surface area (Å²) in [6.07, 6.45) is 0. The van der Waals surface area contributed by atoms with E-state index in [4.69, 9.17) is 4.42 Å². The molecule has 1 aromatic heterocycles. The summed E-state index contributed by atoms with van der Waals surface area (Å²) in [5, 5.41) is 2.25. The topological polar surface area (TPSA) is 16.4 Å². The quantitative estimate of drug-likeness (QED) is 0.233. The molecule has 0 atom stereocenters. The molecule has 1 heterocycles. The second-order valence-electron chi connectivity index (χ2n) is 10.7. The highest BCUT2D eigenvalue weighted by atomic mass is 16.3. The van der Waals surface area contributed by atoms with Crippen molar-refractivity contribution in [2.45, 2.75) is 12.3 Å². The lowest BCUT2D eigenvalue weighted by Crippen LogP contribution is -2.22. The SMILES string of the molecule is CC1(c2cccc3c2oc2cccc(N(c4ccccc4)c4ccccc4)c23)c2ccccc2-c2ccccc21. The first-order valence-electron chi connectivity index (χ1n) is 13.8. The number of rotatable bonds is 4. The van der Waals surface area contributed by atoms with Crippen LogP contribution >= 0.6 is 0 Å². The number of furan rings is 1. The van der Waals surface area contributed by atoms with Gasteiger partial charge in [0.1, 0.15) is 11.2 Å². The summed E-state index contributed by atoms with van der Waals surface area (Å²) in [7, 11) is 0. The van der Waals surface area contributed by atoms with Crippen molar-refractivity contribution in [2.75, 3.05) is 4.90 Å². The maximum atomic E-state index is 6.83. The van der Waals surface area contributed by atoms with E-state index in [1.165, 1.54) is 27.8 Å². The number of nitrogens with zero attached hydrogens (tertiary/aromatic N) is 1. The summed E-state index contributed by atoms with van der Waals surface area (Å²) >= 11 is 0. The molecular formula is C38H27NO. The van der Waals surface area contributed by atoms with E-state index >= 15 is 0 Å². The van der Waals surface area contributed by atoms with Crippen molar-refractivity contribution in [3.05, 3.63) is 162 Å². The van der Waals surface area contributed by atoms with E-state index < -0.39 is 0 Å². The average molecular weight is 514 g/mol. The number of hydrogen-bond acceptors (Lipinski definition) is 2. The van der Waals surface area contributed by atoms with Gasteiger partial charge in [0, 0.05) is 27.7 Å². The molecule has 2 heteroatoms. The van der Waals surface area contributed by atoms with Crippen molar-refractivity contribution in [3.63, 3.8) is 0 Å². The second kappa shape index (κ2) is 8.72. The van der Waals surface area contributed by atoms with Crippen molar-refractivity contribution in [3.8, 4) is 11.1 Å². The molecule has 1 aliphatic rings. The van der Waals surface area contributed by atoms with Gasteiger partial charge in [-0.05, 0) is 65.6 Å². The minimum atomic E-state index is -0.334. The van der Waals surface area contributed by atoms with Gasteiger partial charge in [0.05, 0.1) is 11.1 Å².